The molecule has 0 amide bonds. The number of carbonyl (C=O) groups is 1. The van der Waals surface area contributed by atoms with Gasteiger partial charge in [0, 0.05) is 11.1 Å². The van der Waals surface area contributed by atoms with Crippen LogP contribution in [0.4, 0.5) is 5.69 Å². The Morgan fingerprint density at radius 1 is 1.55 bits per heavy atom. The van der Waals surface area contributed by atoms with Crippen molar-refractivity contribution in [3.63, 3.8) is 0 Å². The van der Waals surface area contributed by atoms with E-state index in [1.807, 2.05) is 0 Å². The number of aromatic nitrogens is 3. The topological polar surface area (TPSA) is 111 Å². The van der Waals surface area contributed by atoms with Crippen LogP contribution in [0.5, 0.6) is 0 Å². The minimum absolute atomic E-state index is 0.0169. The zero-order valence-electron chi connectivity index (χ0n) is 10.3. The summed E-state index contributed by atoms with van der Waals surface area (Å²) in [4.78, 5) is 21.3. The predicted molar refractivity (Wildman–Crippen MR) is 68.9 cm³/mol. The maximum absolute atomic E-state index is 10.9. The van der Waals surface area contributed by atoms with Crippen LogP contribution >= 0.6 is 11.6 Å². The van der Waals surface area contributed by atoms with Gasteiger partial charge >= 0.3 is 5.97 Å². The summed E-state index contributed by atoms with van der Waals surface area (Å²) in [6.07, 6.45) is 0. The second-order valence-electron chi connectivity index (χ2n) is 4.02. The third-order valence-electron chi connectivity index (χ3n) is 2.74. The first-order chi connectivity index (χ1) is 9.40. The van der Waals surface area contributed by atoms with E-state index in [-0.39, 0.29) is 17.9 Å². The zero-order valence-corrected chi connectivity index (χ0v) is 11.0. The number of nitro benzene ring substituents is 1. The molecule has 2 aromatic rings. The lowest BCUT2D eigenvalue weighted by Gasteiger charge is -2.05. The van der Waals surface area contributed by atoms with E-state index in [0.717, 1.165) is 0 Å². The van der Waals surface area contributed by atoms with Crippen LogP contribution in [0, 0.1) is 17.0 Å². The van der Waals surface area contributed by atoms with Gasteiger partial charge in [0.05, 0.1) is 22.7 Å². The first-order valence-corrected chi connectivity index (χ1v) is 5.84. The molecule has 1 N–H and O–H groups in total. The van der Waals surface area contributed by atoms with Crippen molar-refractivity contribution in [1.82, 2.24) is 15.0 Å². The van der Waals surface area contributed by atoms with Gasteiger partial charge in [-0.25, -0.2) is 9.48 Å². The lowest BCUT2D eigenvalue weighted by Crippen LogP contribution is -2.07. The zero-order chi connectivity index (χ0) is 14.9. The number of halogens is 1. The highest BCUT2D eigenvalue weighted by Gasteiger charge is 2.19. The highest BCUT2D eigenvalue weighted by atomic mass is 35.5. The molecule has 0 bridgehead atoms. The molecule has 8 nitrogen and oxygen atoms in total. The van der Waals surface area contributed by atoms with Crippen molar-refractivity contribution in [2.75, 3.05) is 0 Å². The molecule has 0 saturated heterocycles. The molecule has 0 unspecified atom stereocenters. The number of aromatic carboxylic acids is 1. The van der Waals surface area contributed by atoms with Crippen LogP contribution in [-0.2, 0) is 6.54 Å². The summed E-state index contributed by atoms with van der Waals surface area (Å²) < 4.78 is 1.28. The van der Waals surface area contributed by atoms with Crippen molar-refractivity contribution in [1.29, 1.82) is 0 Å². The summed E-state index contributed by atoms with van der Waals surface area (Å²) in [5.74, 6) is -1.20. The van der Waals surface area contributed by atoms with Gasteiger partial charge in [-0.2, -0.15) is 0 Å². The monoisotopic (exact) mass is 296 g/mol. The van der Waals surface area contributed by atoms with Gasteiger partial charge < -0.3 is 5.11 Å². The third kappa shape index (κ3) is 2.59. The van der Waals surface area contributed by atoms with Crippen LogP contribution in [0.3, 0.4) is 0 Å². The molecule has 0 fully saturated rings. The quantitative estimate of drug-likeness (QED) is 0.681. The highest BCUT2D eigenvalue weighted by Crippen LogP contribution is 2.23. The Morgan fingerprint density at radius 2 is 2.25 bits per heavy atom. The Kier molecular flexibility index (Phi) is 3.66. The molecule has 1 aromatic heterocycles. The number of nitro groups is 1. The summed E-state index contributed by atoms with van der Waals surface area (Å²) in [5, 5.41) is 27.4. The molecule has 2 rings (SSSR count). The first kappa shape index (κ1) is 13.9. The molecule has 9 heteroatoms. The highest BCUT2D eigenvalue weighted by molar-refractivity contribution is 6.30. The molecule has 0 atom stereocenters. The van der Waals surface area contributed by atoms with Crippen molar-refractivity contribution >= 4 is 23.3 Å². The summed E-state index contributed by atoms with van der Waals surface area (Å²) in [6, 6.07) is 4.16. The van der Waals surface area contributed by atoms with Gasteiger partial charge in [0.2, 0.25) is 0 Å². The lowest BCUT2D eigenvalue weighted by molar-refractivity contribution is -0.385. The van der Waals surface area contributed by atoms with Crippen molar-refractivity contribution in [3.05, 3.63) is 50.3 Å². The molecule has 0 aliphatic rings. The minimum atomic E-state index is -1.20. The molecule has 0 spiro atoms. The molecule has 0 radical (unpaired) electrons. The van der Waals surface area contributed by atoms with Crippen LogP contribution in [0.1, 0.15) is 21.7 Å². The van der Waals surface area contributed by atoms with E-state index in [0.29, 0.717) is 16.3 Å². The van der Waals surface area contributed by atoms with Crippen LogP contribution in [-0.4, -0.2) is 31.0 Å². The Labute approximate surface area is 117 Å². The van der Waals surface area contributed by atoms with Gasteiger partial charge in [-0.15, -0.1) is 5.10 Å². The fourth-order valence-corrected chi connectivity index (χ4v) is 1.92. The van der Waals surface area contributed by atoms with E-state index in [2.05, 4.69) is 10.3 Å². The van der Waals surface area contributed by atoms with Gasteiger partial charge in [0.1, 0.15) is 0 Å². The normalized spacial score (nSPS) is 10.5. The van der Waals surface area contributed by atoms with Crippen LogP contribution in [0.2, 0.25) is 5.02 Å². The van der Waals surface area contributed by atoms with E-state index in [1.54, 1.807) is 0 Å². The maximum atomic E-state index is 10.9. The van der Waals surface area contributed by atoms with Crippen molar-refractivity contribution in [3.8, 4) is 0 Å². The molecular weight excluding hydrogens is 288 g/mol. The average molecular weight is 297 g/mol. The van der Waals surface area contributed by atoms with E-state index in [9.17, 15) is 14.9 Å². The van der Waals surface area contributed by atoms with E-state index < -0.39 is 10.9 Å². The Bertz CT molecular complexity index is 698. The number of rotatable bonds is 4. The molecule has 104 valence electrons. The number of nitrogens with zero attached hydrogens (tertiary/aromatic N) is 4. The average Bonchev–Trinajstić information content (AvgIpc) is 2.71. The molecule has 1 heterocycles. The summed E-state index contributed by atoms with van der Waals surface area (Å²) in [5.41, 5.74) is 0.343. The second-order valence-corrected chi connectivity index (χ2v) is 4.45. The van der Waals surface area contributed by atoms with Crippen LogP contribution in [0.15, 0.2) is 18.2 Å². The standard InChI is InChI=1S/C11H9ClN4O4/c1-6-10(11(17)18)13-14-15(6)5-7-4-8(12)2-3-9(7)16(19)20/h2-4H,5H2,1H3,(H,17,18). The van der Waals surface area contributed by atoms with Gasteiger partial charge in [0.25, 0.3) is 5.69 Å². The van der Waals surface area contributed by atoms with Crippen LogP contribution < -0.4 is 0 Å². The maximum Gasteiger partial charge on any atom is 0.358 e. The van der Waals surface area contributed by atoms with Gasteiger partial charge in [-0.05, 0) is 19.1 Å². The summed E-state index contributed by atoms with van der Waals surface area (Å²) in [6.45, 7) is 1.54. The molecular formula is C11H9ClN4O4. The smallest absolute Gasteiger partial charge is 0.358 e. The van der Waals surface area contributed by atoms with Crippen LogP contribution in [0.25, 0.3) is 0 Å². The molecule has 1 aromatic carbocycles. The summed E-state index contributed by atoms with van der Waals surface area (Å²) in [7, 11) is 0. The number of hydrogen-bond donors (Lipinski definition) is 1. The van der Waals surface area contributed by atoms with Crippen molar-refractivity contribution in [2.24, 2.45) is 0 Å². The Hall–Kier alpha value is -2.48. The van der Waals surface area contributed by atoms with E-state index in [1.165, 1.54) is 29.8 Å². The number of benzene rings is 1. The SMILES string of the molecule is Cc1c(C(=O)O)nnn1Cc1cc(Cl)ccc1[N+](=O)[O-]. The summed E-state index contributed by atoms with van der Waals surface area (Å²) >= 11 is 5.82. The number of carboxylic acid groups (broad SMARTS) is 1. The van der Waals surface area contributed by atoms with E-state index >= 15 is 0 Å². The van der Waals surface area contributed by atoms with Gasteiger partial charge in [-0.3, -0.25) is 10.1 Å². The number of hydrogen-bond acceptors (Lipinski definition) is 5. The Morgan fingerprint density at radius 3 is 2.80 bits per heavy atom. The molecule has 0 saturated carbocycles. The fourth-order valence-electron chi connectivity index (χ4n) is 1.73. The molecule has 0 aliphatic carbocycles. The van der Waals surface area contributed by atoms with Crippen molar-refractivity contribution in [2.45, 2.75) is 13.5 Å². The minimum Gasteiger partial charge on any atom is -0.476 e. The molecule has 20 heavy (non-hydrogen) atoms. The predicted octanol–water partition coefficient (Wildman–Crippen LogP) is 1.89. The van der Waals surface area contributed by atoms with Gasteiger partial charge in [0.15, 0.2) is 5.69 Å². The number of carboxylic acids is 1. The fraction of sp³-hybridized carbons (Fsp3) is 0.182. The lowest BCUT2D eigenvalue weighted by atomic mass is 10.2. The van der Waals surface area contributed by atoms with E-state index in [4.69, 9.17) is 16.7 Å². The largest absolute Gasteiger partial charge is 0.476 e. The molecule has 0 aliphatic heterocycles. The third-order valence-corrected chi connectivity index (χ3v) is 2.98. The van der Waals surface area contributed by atoms with Crippen molar-refractivity contribution < 1.29 is 14.8 Å². The first-order valence-electron chi connectivity index (χ1n) is 5.46. The van der Waals surface area contributed by atoms with Gasteiger partial charge in [-0.1, -0.05) is 16.8 Å². The Balaban J connectivity index is 2.42. The second kappa shape index (κ2) is 5.25.